The van der Waals surface area contributed by atoms with E-state index in [1.165, 1.54) is 11.9 Å². The first kappa shape index (κ1) is 23.1. The van der Waals surface area contributed by atoms with Crippen molar-refractivity contribution in [1.82, 2.24) is 20.4 Å². The largest absolute Gasteiger partial charge is 0.352 e. The van der Waals surface area contributed by atoms with E-state index in [0.717, 1.165) is 21.9 Å². The van der Waals surface area contributed by atoms with Crippen LogP contribution in [-0.2, 0) is 17.6 Å². The van der Waals surface area contributed by atoms with Crippen LogP contribution >= 0.6 is 0 Å². The lowest BCUT2D eigenvalue weighted by Crippen LogP contribution is -2.45. The molecule has 0 aliphatic rings. The number of hydrogen-bond donors (Lipinski definition) is 2. The molecule has 174 valence electrons. The summed E-state index contributed by atoms with van der Waals surface area (Å²) in [6.07, 6.45) is 0.820. The first-order valence-corrected chi connectivity index (χ1v) is 11.1. The Morgan fingerprint density at radius 2 is 1.68 bits per heavy atom. The monoisotopic (exact) mass is 457 g/mol. The second-order valence-corrected chi connectivity index (χ2v) is 8.18. The van der Waals surface area contributed by atoms with Crippen molar-refractivity contribution >= 4 is 22.6 Å². The van der Waals surface area contributed by atoms with Gasteiger partial charge in [-0.25, -0.2) is 0 Å². The van der Waals surface area contributed by atoms with E-state index < -0.39 is 18.0 Å². The van der Waals surface area contributed by atoms with Crippen molar-refractivity contribution in [3.8, 4) is 0 Å². The zero-order valence-corrected chi connectivity index (χ0v) is 19.1. The van der Waals surface area contributed by atoms with Crippen LogP contribution in [0.2, 0.25) is 0 Å². The third kappa shape index (κ3) is 5.13. The second-order valence-electron chi connectivity index (χ2n) is 8.18. The first-order valence-electron chi connectivity index (χ1n) is 11.1. The Morgan fingerprint density at radius 3 is 2.41 bits per heavy atom. The summed E-state index contributed by atoms with van der Waals surface area (Å²) in [7, 11) is 3.15. The lowest BCUT2D eigenvalue weighted by Gasteiger charge is -2.28. The van der Waals surface area contributed by atoms with Crippen molar-refractivity contribution in [2.24, 2.45) is 5.73 Å². The Balaban J connectivity index is 1.56. The van der Waals surface area contributed by atoms with E-state index in [1.807, 2.05) is 66.7 Å². The number of nitrogens with one attached hydrogen (secondary N) is 1. The van der Waals surface area contributed by atoms with Gasteiger partial charge in [0.15, 0.2) is 0 Å². The van der Waals surface area contributed by atoms with Crippen LogP contribution in [-0.4, -0.2) is 47.0 Å². The molecule has 34 heavy (non-hydrogen) atoms. The summed E-state index contributed by atoms with van der Waals surface area (Å²) in [5.74, 6) is -0.627. The summed E-state index contributed by atoms with van der Waals surface area (Å²) >= 11 is 0. The minimum Gasteiger partial charge on any atom is -0.352 e. The summed E-state index contributed by atoms with van der Waals surface area (Å²) in [5, 5.41) is 8.47. The maximum atomic E-state index is 13.3. The molecule has 0 aliphatic heterocycles. The maximum absolute atomic E-state index is 13.3. The Bertz CT molecular complexity index is 1290. The van der Waals surface area contributed by atoms with Gasteiger partial charge in [-0.2, -0.15) is 4.98 Å². The van der Waals surface area contributed by atoms with Crippen LogP contribution < -0.4 is 11.1 Å². The molecular formula is C26H27N5O3. The Kier molecular flexibility index (Phi) is 6.98. The smallest absolute Gasteiger partial charge is 0.292 e. The highest BCUT2D eigenvalue weighted by atomic mass is 16.5. The zero-order valence-electron chi connectivity index (χ0n) is 19.1. The second kappa shape index (κ2) is 10.3. The van der Waals surface area contributed by atoms with Crippen LogP contribution in [0.25, 0.3) is 10.8 Å². The molecule has 8 heteroatoms. The molecular weight excluding hydrogens is 430 g/mol. The van der Waals surface area contributed by atoms with Crippen LogP contribution in [0.3, 0.4) is 0 Å². The molecule has 8 nitrogen and oxygen atoms in total. The molecule has 3 aromatic carbocycles. The molecule has 0 saturated carbocycles. The highest BCUT2D eigenvalue weighted by Crippen LogP contribution is 2.24. The molecule has 0 aliphatic carbocycles. The summed E-state index contributed by atoms with van der Waals surface area (Å²) in [5.41, 5.74) is 8.32. The number of nitrogens with two attached hydrogens (primary N) is 1. The van der Waals surface area contributed by atoms with Gasteiger partial charge in [-0.1, -0.05) is 78.0 Å². The number of carbonyl (C=O) groups excluding carboxylic acids is 2. The summed E-state index contributed by atoms with van der Waals surface area (Å²) < 4.78 is 5.38. The van der Waals surface area contributed by atoms with Gasteiger partial charge in [-0.15, -0.1) is 0 Å². The Hall–Kier alpha value is -4.04. The lowest BCUT2D eigenvalue weighted by molar-refractivity contribution is -0.134. The van der Waals surface area contributed by atoms with E-state index in [2.05, 4.69) is 21.5 Å². The standard InChI is InChI=1S/C26H27N5O3/c1-28-24(32)23-29-25(34-30-23)22(16-17-8-4-3-5-9-17)31(2)26(33)21(27)15-18-12-13-19-10-6-7-11-20(19)14-18/h3-14,21-22H,15-16,27H2,1-2H3,(H,28,32). The van der Waals surface area contributed by atoms with E-state index >= 15 is 0 Å². The van der Waals surface area contributed by atoms with Crippen molar-refractivity contribution < 1.29 is 14.1 Å². The number of rotatable bonds is 8. The minimum absolute atomic E-state index is 0.0862. The molecule has 4 rings (SSSR count). The van der Waals surface area contributed by atoms with Crippen molar-refractivity contribution in [2.45, 2.75) is 24.9 Å². The molecule has 0 fully saturated rings. The maximum Gasteiger partial charge on any atom is 0.292 e. The molecule has 0 radical (unpaired) electrons. The van der Waals surface area contributed by atoms with Crippen LogP contribution in [0.1, 0.15) is 33.7 Å². The molecule has 2 unspecified atom stereocenters. The Labute approximate surface area is 197 Å². The molecule has 2 amide bonds. The van der Waals surface area contributed by atoms with Crippen LogP contribution in [0, 0.1) is 0 Å². The fourth-order valence-electron chi connectivity index (χ4n) is 3.92. The van der Waals surface area contributed by atoms with Gasteiger partial charge >= 0.3 is 0 Å². The van der Waals surface area contributed by atoms with Gasteiger partial charge in [-0.05, 0) is 28.3 Å². The van der Waals surface area contributed by atoms with E-state index in [-0.39, 0.29) is 17.6 Å². The SMILES string of the molecule is CNC(=O)c1noc(C(Cc2ccccc2)N(C)C(=O)C(N)Cc2ccc3ccccc3c2)n1. The quantitative estimate of drug-likeness (QED) is 0.421. The molecule has 3 N–H and O–H groups in total. The van der Waals surface area contributed by atoms with Gasteiger partial charge in [0.25, 0.3) is 11.7 Å². The number of nitrogens with zero attached hydrogens (tertiary/aromatic N) is 3. The lowest BCUT2D eigenvalue weighted by atomic mass is 10.00. The molecule has 0 spiro atoms. The van der Waals surface area contributed by atoms with E-state index in [4.69, 9.17) is 10.3 Å². The van der Waals surface area contributed by atoms with E-state index in [1.54, 1.807) is 7.05 Å². The highest BCUT2D eigenvalue weighted by molar-refractivity contribution is 5.90. The topological polar surface area (TPSA) is 114 Å². The van der Waals surface area contributed by atoms with E-state index in [0.29, 0.717) is 12.8 Å². The van der Waals surface area contributed by atoms with Gasteiger partial charge < -0.3 is 20.5 Å². The van der Waals surface area contributed by atoms with Crippen molar-refractivity contribution in [2.75, 3.05) is 14.1 Å². The summed E-state index contributed by atoms with van der Waals surface area (Å²) in [6, 6.07) is 22.5. The van der Waals surface area contributed by atoms with Crippen LogP contribution in [0.15, 0.2) is 77.3 Å². The van der Waals surface area contributed by atoms with Gasteiger partial charge in [-0.3, -0.25) is 9.59 Å². The van der Waals surface area contributed by atoms with Gasteiger partial charge in [0.2, 0.25) is 11.8 Å². The molecule has 1 aromatic heterocycles. The molecule has 0 bridgehead atoms. The fourth-order valence-corrected chi connectivity index (χ4v) is 3.92. The molecule has 0 saturated heterocycles. The van der Waals surface area contributed by atoms with Gasteiger partial charge in [0, 0.05) is 20.5 Å². The van der Waals surface area contributed by atoms with Crippen LogP contribution in [0.5, 0.6) is 0 Å². The summed E-state index contributed by atoms with van der Waals surface area (Å²) in [4.78, 5) is 31.0. The average Bonchev–Trinajstić information content (AvgIpc) is 3.36. The number of carbonyl (C=O) groups is 2. The van der Waals surface area contributed by atoms with Crippen molar-refractivity contribution in [1.29, 1.82) is 0 Å². The number of amides is 2. The summed E-state index contributed by atoms with van der Waals surface area (Å²) in [6.45, 7) is 0. The highest BCUT2D eigenvalue weighted by Gasteiger charge is 2.31. The van der Waals surface area contributed by atoms with Gasteiger partial charge in [0.05, 0.1) is 6.04 Å². The zero-order chi connectivity index (χ0) is 24.1. The molecule has 1 heterocycles. The molecule has 2 atom stereocenters. The first-order chi connectivity index (χ1) is 16.5. The van der Waals surface area contributed by atoms with Crippen LogP contribution in [0.4, 0.5) is 0 Å². The third-order valence-corrected chi connectivity index (χ3v) is 5.83. The molecule has 4 aromatic rings. The third-order valence-electron chi connectivity index (χ3n) is 5.83. The number of benzene rings is 3. The minimum atomic E-state index is -0.759. The number of fused-ring (bicyclic) bond motifs is 1. The number of hydrogen-bond acceptors (Lipinski definition) is 6. The normalized spacial score (nSPS) is 12.8. The predicted molar refractivity (Wildman–Crippen MR) is 129 cm³/mol. The van der Waals surface area contributed by atoms with Crippen molar-refractivity contribution in [3.63, 3.8) is 0 Å². The Morgan fingerprint density at radius 1 is 0.971 bits per heavy atom. The number of aromatic nitrogens is 2. The fraction of sp³-hybridized carbons (Fsp3) is 0.231. The number of likely N-dealkylation sites (N-methyl/N-ethyl adjacent to an activating group) is 1. The average molecular weight is 458 g/mol. The van der Waals surface area contributed by atoms with Gasteiger partial charge in [0.1, 0.15) is 6.04 Å². The predicted octanol–water partition coefficient (Wildman–Crippen LogP) is 2.89. The van der Waals surface area contributed by atoms with E-state index in [9.17, 15) is 9.59 Å². The van der Waals surface area contributed by atoms with Crippen molar-refractivity contribution in [3.05, 3.63) is 95.6 Å².